The van der Waals surface area contributed by atoms with E-state index in [0.717, 1.165) is 24.3 Å². The average molecular weight is 295 g/mol. The molecule has 2 fully saturated rings. The summed E-state index contributed by atoms with van der Waals surface area (Å²) in [4.78, 5) is 36.3. The van der Waals surface area contributed by atoms with Gasteiger partial charge in [-0.2, -0.15) is 5.01 Å². The molecule has 2 rings (SSSR count). The van der Waals surface area contributed by atoms with Gasteiger partial charge in [-0.25, -0.2) is 4.79 Å². The molecule has 0 unspecified atom stereocenters. The summed E-state index contributed by atoms with van der Waals surface area (Å²) in [5.74, 6) is -0.912. The van der Waals surface area contributed by atoms with Crippen LogP contribution in [0.5, 0.6) is 0 Å². The Bertz CT molecular complexity index is 457. The Labute approximate surface area is 123 Å². The van der Waals surface area contributed by atoms with E-state index in [1.54, 1.807) is 6.92 Å². The predicted octanol–water partition coefficient (Wildman–Crippen LogP) is 0.863. The normalized spacial score (nSPS) is 22.0. The summed E-state index contributed by atoms with van der Waals surface area (Å²) in [6.45, 7) is 5.26. The van der Waals surface area contributed by atoms with E-state index in [2.05, 4.69) is 17.3 Å². The van der Waals surface area contributed by atoms with Crippen molar-refractivity contribution in [1.29, 1.82) is 0 Å². The van der Waals surface area contributed by atoms with E-state index in [9.17, 15) is 14.4 Å². The molecule has 1 spiro atoms. The molecule has 4 amide bonds. The number of hydrazine groups is 1. The number of imide groups is 1. The lowest BCUT2D eigenvalue weighted by Gasteiger charge is -2.30. The molecule has 116 valence electrons. The van der Waals surface area contributed by atoms with E-state index in [-0.39, 0.29) is 12.5 Å². The maximum absolute atomic E-state index is 12.4. The number of rotatable bonds is 5. The lowest BCUT2D eigenvalue weighted by atomic mass is 9.82. The predicted molar refractivity (Wildman–Crippen MR) is 74.9 cm³/mol. The molecule has 0 aromatic heterocycles. The Morgan fingerprint density at radius 3 is 2.76 bits per heavy atom. The molecule has 2 N–H and O–H groups in total. The topological polar surface area (TPSA) is 87.7 Å². The fourth-order valence-electron chi connectivity index (χ4n) is 2.71. The second kappa shape index (κ2) is 6.26. The Morgan fingerprint density at radius 2 is 2.14 bits per heavy atom. The largest absolute Gasteiger partial charge is 0.365 e. The molecule has 7 heteroatoms. The monoisotopic (exact) mass is 295 g/mol. The highest BCUT2D eigenvalue weighted by Gasteiger charge is 2.52. The van der Waals surface area contributed by atoms with Crippen LogP contribution in [0.4, 0.5) is 4.79 Å². The Balaban J connectivity index is 2.00. The Kier molecular flexibility index (Phi) is 4.62. The molecular formula is C14H21N3O4. The van der Waals surface area contributed by atoms with Crippen LogP contribution in [0.15, 0.2) is 12.7 Å². The average Bonchev–Trinajstić information content (AvgIpc) is 2.69. The molecule has 7 nitrogen and oxygen atoms in total. The van der Waals surface area contributed by atoms with Crippen LogP contribution in [0.2, 0.25) is 0 Å². The number of hydrogen-bond donors (Lipinski definition) is 2. The smallest absolute Gasteiger partial charge is 0.344 e. The van der Waals surface area contributed by atoms with Crippen molar-refractivity contribution in [3.05, 3.63) is 12.7 Å². The van der Waals surface area contributed by atoms with Gasteiger partial charge in [0, 0.05) is 0 Å². The lowest BCUT2D eigenvalue weighted by Crippen LogP contribution is -2.52. The number of urea groups is 1. The van der Waals surface area contributed by atoms with Gasteiger partial charge in [0.2, 0.25) is 0 Å². The Morgan fingerprint density at radius 1 is 1.48 bits per heavy atom. The van der Waals surface area contributed by atoms with E-state index in [0.29, 0.717) is 12.8 Å². The van der Waals surface area contributed by atoms with Crippen molar-refractivity contribution in [3.63, 3.8) is 0 Å². The molecule has 1 saturated heterocycles. The van der Waals surface area contributed by atoms with Gasteiger partial charge >= 0.3 is 6.03 Å². The first kappa shape index (κ1) is 15.5. The minimum atomic E-state index is -0.839. The van der Waals surface area contributed by atoms with Gasteiger partial charge in [-0.1, -0.05) is 25.3 Å². The zero-order chi connectivity index (χ0) is 15.5. The van der Waals surface area contributed by atoms with Gasteiger partial charge in [0.25, 0.3) is 11.8 Å². The summed E-state index contributed by atoms with van der Waals surface area (Å²) in [5, 5.41) is 3.50. The van der Waals surface area contributed by atoms with Gasteiger partial charge in [0.05, 0.1) is 6.61 Å². The van der Waals surface area contributed by atoms with Crippen LogP contribution in [-0.4, -0.2) is 41.1 Å². The zero-order valence-electron chi connectivity index (χ0n) is 12.2. The molecule has 0 radical (unpaired) electrons. The molecule has 1 atom stereocenters. The summed E-state index contributed by atoms with van der Waals surface area (Å²) in [7, 11) is 0. The van der Waals surface area contributed by atoms with Crippen molar-refractivity contribution in [2.75, 3.05) is 6.61 Å². The van der Waals surface area contributed by atoms with Crippen molar-refractivity contribution < 1.29 is 19.1 Å². The maximum Gasteiger partial charge on any atom is 0.344 e. The first-order chi connectivity index (χ1) is 10.00. The number of amides is 4. The van der Waals surface area contributed by atoms with Crippen molar-refractivity contribution in [3.8, 4) is 0 Å². The van der Waals surface area contributed by atoms with Gasteiger partial charge in [-0.05, 0) is 19.8 Å². The van der Waals surface area contributed by atoms with Gasteiger partial charge < -0.3 is 10.1 Å². The van der Waals surface area contributed by atoms with Gasteiger partial charge in [0.1, 0.15) is 11.6 Å². The highest BCUT2D eigenvalue weighted by molar-refractivity contribution is 6.08. The summed E-state index contributed by atoms with van der Waals surface area (Å²) >= 11 is 0. The highest BCUT2D eigenvalue weighted by Crippen LogP contribution is 2.32. The standard InChI is InChI=1S/C14H21N3O4/c1-3-9-21-10(2)11(18)16-17-12(19)14(15-13(17)20)7-5-4-6-8-14/h3,10H,1,4-9H2,2H3,(H,15,20)(H,16,18)/t10-/m0/s1. The van der Waals surface area contributed by atoms with Crippen LogP contribution in [0.3, 0.4) is 0 Å². The molecular weight excluding hydrogens is 274 g/mol. The molecule has 2 aliphatic rings. The molecule has 1 saturated carbocycles. The first-order valence-corrected chi connectivity index (χ1v) is 7.20. The van der Waals surface area contributed by atoms with Crippen molar-refractivity contribution >= 4 is 17.8 Å². The van der Waals surface area contributed by atoms with Gasteiger partial charge in [-0.15, -0.1) is 6.58 Å². The third kappa shape index (κ3) is 3.07. The zero-order valence-corrected chi connectivity index (χ0v) is 12.2. The van der Waals surface area contributed by atoms with E-state index < -0.39 is 23.6 Å². The van der Waals surface area contributed by atoms with Crippen LogP contribution in [0.1, 0.15) is 39.0 Å². The van der Waals surface area contributed by atoms with E-state index in [1.807, 2.05) is 0 Å². The van der Waals surface area contributed by atoms with Crippen molar-refractivity contribution in [2.45, 2.75) is 50.7 Å². The van der Waals surface area contributed by atoms with Crippen LogP contribution in [-0.2, 0) is 14.3 Å². The summed E-state index contributed by atoms with van der Waals surface area (Å²) in [6, 6.07) is -0.578. The molecule has 1 aliphatic carbocycles. The highest BCUT2D eigenvalue weighted by atomic mass is 16.5. The SMILES string of the molecule is C=CCO[C@@H](C)C(=O)NN1C(=O)NC2(CCCCC2)C1=O. The number of nitrogens with one attached hydrogen (secondary N) is 2. The molecule has 1 aliphatic heterocycles. The van der Waals surface area contributed by atoms with E-state index in [1.165, 1.54) is 6.08 Å². The Hall–Kier alpha value is -1.89. The summed E-state index contributed by atoms with van der Waals surface area (Å²) in [6.07, 6.45) is 4.84. The van der Waals surface area contributed by atoms with Crippen molar-refractivity contribution in [2.24, 2.45) is 0 Å². The number of carbonyl (C=O) groups excluding carboxylic acids is 3. The lowest BCUT2D eigenvalue weighted by molar-refractivity contribution is -0.144. The summed E-state index contributed by atoms with van der Waals surface area (Å²) < 4.78 is 5.17. The summed E-state index contributed by atoms with van der Waals surface area (Å²) in [5.41, 5.74) is 1.49. The molecule has 1 heterocycles. The minimum Gasteiger partial charge on any atom is -0.365 e. The first-order valence-electron chi connectivity index (χ1n) is 7.20. The number of nitrogens with zero attached hydrogens (tertiary/aromatic N) is 1. The van der Waals surface area contributed by atoms with Gasteiger partial charge in [0.15, 0.2) is 0 Å². The fourth-order valence-corrected chi connectivity index (χ4v) is 2.71. The quantitative estimate of drug-likeness (QED) is 0.582. The van der Waals surface area contributed by atoms with Crippen molar-refractivity contribution in [1.82, 2.24) is 15.8 Å². The molecule has 0 bridgehead atoms. The van der Waals surface area contributed by atoms with Crippen LogP contribution in [0.25, 0.3) is 0 Å². The third-order valence-corrected chi connectivity index (χ3v) is 3.92. The number of hydrogen-bond acceptors (Lipinski definition) is 4. The number of carbonyl (C=O) groups is 3. The molecule has 21 heavy (non-hydrogen) atoms. The van der Waals surface area contributed by atoms with E-state index in [4.69, 9.17) is 4.74 Å². The second-order valence-electron chi connectivity index (χ2n) is 5.45. The fraction of sp³-hybridized carbons (Fsp3) is 0.643. The van der Waals surface area contributed by atoms with Crippen LogP contribution >= 0.6 is 0 Å². The minimum absolute atomic E-state index is 0.221. The number of ether oxygens (including phenoxy) is 1. The van der Waals surface area contributed by atoms with Gasteiger partial charge in [-0.3, -0.25) is 15.0 Å². The second-order valence-corrected chi connectivity index (χ2v) is 5.45. The van der Waals surface area contributed by atoms with E-state index >= 15 is 0 Å². The molecule has 0 aromatic rings. The van der Waals surface area contributed by atoms with Crippen LogP contribution < -0.4 is 10.7 Å². The third-order valence-electron chi connectivity index (χ3n) is 3.92. The molecule has 0 aromatic carbocycles. The van der Waals surface area contributed by atoms with Crippen LogP contribution in [0, 0.1) is 0 Å². The maximum atomic E-state index is 12.4.